The number of benzene rings is 1. The van der Waals surface area contributed by atoms with E-state index in [9.17, 15) is 4.79 Å². The molecule has 168 valence electrons. The van der Waals surface area contributed by atoms with E-state index in [4.69, 9.17) is 13.6 Å². The number of hydrogen-bond acceptors (Lipinski definition) is 4. The van der Waals surface area contributed by atoms with Gasteiger partial charge in [0.15, 0.2) is 0 Å². The van der Waals surface area contributed by atoms with Gasteiger partial charge in [-0.25, -0.2) is 4.79 Å². The van der Waals surface area contributed by atoms with Gasteiger partial charge in [-0.15, -0.1) is 5.92 Å². The van der Waals surface area contributed by atoms with Gasteiger partial charge >= 0.3 is 5.97 Å². The van der Waals surface area contributed by atoms with Crippen molar-refractivity contribution in [1.82, 2.24) is 0 Å². The Balaban J connectivity index is 3.72. The van der Waals surface area contributed by atoms with E-state index < -0.39 is 22.6 Å². The molecule has 0 aromatic heterocycles. The first-order valence-corrected chi connectivity index (χ1v) is 16.4. The van der Waals surface area contributed by atoms with Crippen LogP contribution in [0.4, 0.5) is 0 Å². The van der Waals surface area contributed by atoms with E-state index in [0.717, 1.165) is 0 Å². The summed E-state index contributed by atoms with van der Waals surface area (Å²) >= 11 is 0. The maximum atomic E-state index is 12.9. The Morgan fingerprint density at radius 1 is 0.933 bits per heavy atom. The summed E-state index contributed by atoms with van der Waals surface area (Å²) in [6.45, 7) is 25.7. The molecule has 0 atom stereocenters. The second kappa shape index (κ2) is 9.19. The quantitative estimate of drug-likeness (QED) is 0.267. The van der Waals surface area contributed by atoms with Crippen LogP contribution >= 0.6 is 0 Å². The normalized spacial score (nSPS) is 12.7. The lowest BCUT2D eigenvalue weighted by Crippen LogP contribution is -2.45. The molecule has 4 nitrogen and oxygen atoms in total. The highest BCUT2D eigenvalue weighted by molar-refractivity contribution is 6.75. The van der Waals surface area contributed by atoms with E-state index in [2.05, 4.69) is 79.6 Å². The van der Waals surface area contributed by atoms with Crippen molar-refractivity contribution < 1.29 is 18.4 Å². The Bertz CT molecular complexity index is 832. The highest BCUT2D eigenvalue weighted by Crippen LogP contribution is 2.42. The monoisotopic (exact) mass is 448 g/mol. The molecule has 1 rings (SSSR count). The molecule has 30 heavy (non-hydrogen) atoms. The van der Waals surface area contributed by atoms with E-state index in [1.807, 2.05) is 12.1 Å². The van der Waals surface area contributed by atoms with Crippen molar-refractivity contribution in [2.45, 2.75) is 91.7 Å². The maximum Gasteiger partial charge on any atom is 0.343 e. The van der Waals surface area contributed by atoms with Crippen LogP contribution < -0.4 is 8.85 Å². The van der Waals surface area contributed by atoms with Crippen molar-refractivity contribution in [3.63, 3.8) is 0 Å². The van der Waals surface area contributed by atoms with E-state index in [1.165, 1.54) is 0 Å². The summed E-state index contributed by atoms with van der Waals surface area (Å²) in [6.07, 6.45) is 0. The van der Waals surface area contributed by atoms with Gasteiger partial charge in [0.05, 0.1) is 6.61 Å². The highest BCUT2D eigenvalue weighted by atomic mass is 28.4. The van der Waals surface area contributed by atoms with Crippen LogP contribution in [-0.4, -0.2) is 29.2 Å². The minimum absolute atomic E-state index is 0.0220. The van der Waals surface area contributed by atoms with Gasteiger partial charge in [0.2, 0.25) is 8.32 Å². The summed E-state index contributed by atoms with van der Waals surface area (Å²) in [5, 5.41) is 0.0235. The Morgan fingerprint density at radius 2 is 1.43 bits per heavy atom. The molecular weight excluding hydrogens is 408 g/mol. The maximum absolute atomic E-state index is 12.9. The summed E-state index contributed by atoms with van der Waals surface area (Å²) in [5.74, 6) is 6.77. The fourth-order valence-corrected chi connectivity index (χ4v) is 4.28. The second-order valence-corrected chi connectivity index (χ2v) is 20.1. The molecule has 0 spiro atoms. The van der Waals surface area contributed by atoms with Crippen molar-refractivity contribution in [2.24, 2.45) is 0 Å². The molecule has 0 fully saturated rings. The van der Waals surface area contributed by atoms with Crippen molar-refractivity contribution in [3.8, 4) is 23.3 Å². The third kappa shape index (κ3) is 6.15. The standard InChI is InChI=1S/C24H40O4Si2/c1-13-15-18-16-19(27-29(9,10)23(3,4)5)17-20(21(18)22(25)26-14-2)28-30(11,12)24(6,7)8/h16-17H,14H2,1-12H3. The summed E-state index contributed by atoms with van der Waals surface area (Å²) < 4.78 is 18.5. The molecule has 0 N–H and O–H groups in total. The minimum Gasteiger partial charge on any atom is -0.543 e. The van der Waals surface area contributed by atoms with Crippen LogP contribution in [0.5, 0.6) is 11.5 Å². The average molecular weight is 449 g/mol. The molecule has 6 heteroatoms. The van der Waals surface area contributed by atoms with Gasteiger partial charge in [-0.2, -0.15) is 0 Å². The second-order valence-electron chi connectivity index (χ2n) is 10.7. The average Bonchev–Trinajstić information content (AvgIpc) is 2.52. The molecule has 0 amide bonds. The Labute approximate surface area is 186 Å². The Hall–Kier alpha value is -1.72. The third-order valence-corrected chi connectivity index (χ3v) is 14.9. The molecule has 0 saturated carbocycles. The summed E-state index contributed by atoms with van der Waals surface area (Å²) in [7, 11) is -4.29. The topological polar surface area (TPSA) is 44.8 Å². The molecule has 0 aliphatic rings. The van der Waals surface area contributed by atoms with Crippen molar-refractivity contribution >= 4 is 22.6 Å². The largest absolute Gasteiger partial charge is 0.543 e. The SMILES string of the molecule is CC#Cc1cc(O[Si](C)(C)C(C)(C)C)cc(O[Si](C)(C)C(C)(C)C)c1C(=O)OCC. The van der Waals surface area contributed by atoms with Crippen LogP contribution in [0.1, 0.15) is 71.3 Å². The lowest BCUT2D eigenvalue weighted by atomic mass is 10.1. The number of ether oxygens (including phenoxy) is 1. The van der Waals surface area contributed by atoms with Crippen LogP contribution in [0.25, 0.3) is 0 Å². The van der Waals surface area contributed by atoms with Gasteiger partial charge in [0.25, 0.3) is 8.32 Å². The number of hydrogen-bond donors (Lipinski definition) is 0. The molecule has 1 aromatic carbocycles. The number of carbonyl (C=O) groups is 1. The zero-order valence-electron chi connectivity index (χ0n) is 21.0. The molecule has 0 unspecified atom stereocenters. The number of esters is 1. The Morgan fingerprint density at radius 3 is 1.87 bits per heavy atom. The first kappa shape index (κ1) is 26.3. The molecule has 0 aliphatic heterocycles. The molecule has 1 aromatic rings. The minimum atomic E-state index is -2.21. The predicted molar refractivity (Wildman–Crippen MR) is 131 cm³/mol. The van der Waals surface area contributed by atoms with Crippen LogP contribution in [0.15, 0.2) is 12.1 Å². The van der Waals surface area contributed by atoms with Gasteiger partial charge < -0.3 is 13.6 Å². The lowest BCUT2D eigenvalue weighted by molar-refractivity contribution is 0.0523. The van der Waals surface area contributed by atoms with Crippen molar-refractivity contribution in [3.05, 3.63) is 23.3 Å². The molecule has 0 heterocycles. The molecule has 0 bridgehead atoms. The number of rotatable bonds is 6. The molecule has 0 saturated heterocycles. The fourth-order valence-electron chi connectivity index (χ4n) is 2.25. The summed E-state index contributed by atoms with van der Waals surface area (Å²) in [5.41, 5.74) is 0.972. The van der Waals surface area contributed by atoms with Crippen LogP contribution in [0, 0.1) is 11.8 Å². The van der Waals surface area contributed by atoms with E-state index >= 15 is 0 Å². The van der Waals surface area contributed by atoms with Gasteiger partial charge in [-0.3, -0.25) is 0 Å². The van der Waals surface area contributed by atoms with E-state index in [-0.39, 0.29) is 10.1 Å². The summed E-state index contributed by atoms with van der Waals surface area (Å²) in [6, 6.07) is 3.70. The molecule has 0 radical (unpaired) electrons. The third-order valence-electron chi connectivity index (χ3n) is 6.17. The summed E-state index contributed by atoms with van der Waals surface area (Å²) in [4.78, 5) is 12.9. The van der Waals surface area contributed by atoms with E-state index in [0.29, 0.717) is 29.2 Å². The molecular formula is C24H40O4Si2. The van der Waals surface area contributed by atoms with Crippen molar-refractivity contribution in [1.29, 1.82) is 0 Å². The lowest BCUT2D eigenvalue weighted by Gasteiger charge is -2.38. The van der Waals surface area contributed by atoms with Crippen LogP contribution in [0.3, 0.4) is 0 Å². The van der Waals surface area contributed by atoms with E-state index in [1.54, 1.807) is 13.8 Å². The smallest absolute Gasteiger partial charge is 0.343 e. The van der Waals surface area contributed by atoms with Crippen LogP contribution in [-0.2, 0) is 4.74 Å². The number of carbonyl (C=O) groups excluding carboxylic acids is 1. The highest BCUT2D eigenvalue weighted by Gasteiger charge is 2.41. The van der Waals surface area contributed by atoms with Gasteiger partial charge in [-0.1, -0.05) is 47.5 Å². The van der Waals surface area contributed by atoms with Crippen molar-refractivity contribution in [2.75, 3.05) is 6.61 Å². The van der Waals surface area contributed by atoms with Gasteiger partial charge in [0, 0.05) is 11.6 Å². The Kier molecular flexibility index (Phi) is 8.06. The predicted octanol–water partition coefficient (Wildman–Crippen LogP) is 7.00. The zero-order chi connectivity index (χ0) is 23.5. The van der Waals surface area contributed by atoms with Gasteiger partial charge in [-0.05, 0) is 56.2 Å². The van der Waals surface area contributed by atoms with Gasteiger partial charge in [0.1, 0.15) is 17.1 Å². The fraction of sp³-hybridized carbons (Fsp3) is 0.625. The molecule has 0 aliphatic carbocycles. The van der Waals surface area contributed by atoms with Crippen LogP contribution in [0.2, 0.25) is 36.3 Å². The first-order chi connectivity index (χ1) is 13.5. The zero-order valence-corrected chi connectivity index (χ0v) is 23.0. The first-order valence-electron chi connectivity index (χ1n) is 10.6.